The van der Waals surface area contributed by atoms with E-state index in [1.807, 2.05) is 19.1 Å². The number of hydrogen-bond donors (Lipinski definition) is 1. The number of hydrogen-bond acceptors (Lipinski definition) is 2. The quantitative estimate of drug-likeness (QED) is 0.467. The van der Waals surface area contributed by atoms with Crippen molar-refractivity contribution in [1.82, 2.24) is 5.32 Å². The van der Waals surface area contributed by atoms with Crippen molar-refractivity contribution in [2.24, 2.45) is 0 Å². The Morgan fingerprint density at radius 1 is 1.50 bits per heavy atom. The van der Waals surface area contributed by atoms with Crippen LogP contribution in [0.4, 0.5) is 0 Å². The largest absolute Gasteiger partial charge is 0.376 e. The van der Waals surface area contributed by atoms with Gasteiger partial charge in [-0.2, -0.15) is 0 Å². The van der Waals surface area contributed by atoms with Crippen LogP contribution in [0, 0.1) is 0 Å². The zero-order valence-electron chi connectivity index (χ0n) is 8.47. The molecule has 0 saturated heterocycles. The van der Waals surface area contributed by atoms with Gasteiger partial charge < -0.3 is 10.1 Å². The molecule has 72 valence electrons. The molecule has 2 heteroatoms. The van der Waals surface area contributed by atoms with Gasteiger partial charge in [0.15, 0.2) is 0 Å². The summed E-state index contributed by atoms with van der Waals surface area (Å²) >= 11 is 0. The van der Waals surface area contributed by atoms with E-state index >= 15 is 0 Å². The summed E-state index contributed by atoms with van der Waals surface area (Å²) in [4.78, 5) is 0. The normalized spacial score (nSPS) is 13.9. The van der Waals surface area contributed by atoms with Crippen LogP contribution in [-0.2, 0) is 4.74 Å². The average molecular weight is 171 g/mol. The van der Waals surface area contributed by atoms with Crippen molar-refractivity contribution in [3.63, 3.8) is 0 Å². The lowest BCUT2D eigenvalue weighted by Gasteiger charge is -2.10. The van der Waals surface area contributed by atoms with Gasteiger partial charge in [0.25, 0.3) is 0 Å². The monoisotopic (exact) mass is 171 g/mol. The molecule has 0 aliphatic carbocycles. The summed E-state index contributed by atoms with van der Waals surface area (Å²) in [5, 5.41) is 3.36. The first-order chi connectivity index (χ1) is 5.81. The van der Waals surface area contributed by atoms with Gasteiger partial charge in [0.05, 0.1) is 13.2 Å². The number of rotatable bonds is 7. The van der Waals surface area contributed by atoms with Crippen LogP contribution in [0.3, 0.4) is 0 Å². The molecule has 0 fully saturated rings. The van der Waals surface area contributed by atoms with Crippen molar-refractivity contribution in [1.29, 1.82) is 0 Å². The molecular formula is C10H21NO. The molecule has 0 spiro atoms. The number of ether oxygens (including phenoxy) is 1. The van der Waals surface area contributed by atoms with E-state index in [4.69, 9.17) is 4.74 Å². The lowest BCUT2D eigenvalue weighted by molar-refractivity contribution is 0.161. The van der Waals surface area contributed by atoms with Gasteiger partial charge in [-0.3, -0.25) is 0 Å². The van der Waals surface area contributed by atoms with Gasteiger partial charge in [0.2, 0.25) is 0 Å². The molecule has 0 rings (SSSR count). The Hall–Kier alpha value is -0.340. The molecule has 0 amide bonds. The van der Waals surface area contributed by atoms with E-state index < -0.39 is 0 Å². The predicted molar refractivity (Wildman–Crippen MR) is 53.4 cm³/mol. The third kappa shape index (κ3) is 7.76. The van der Waals surface area contributed by atoms with Crippen molar-refractivity contribution < 1.29 is 4.74 Å². The van der Waals surface area contributed by atoms with Crippen LogP contribution >= 0.6 is 0 Å². The molecule has 1 N–H and O–H groups in total. The van der Waals surface area contributed by atoms with E-state index in [-0.39, 0.29) is 0 Å². The summed E-state index contributed by atoms with van der Waals surface area (Å²) in [6.45, 7) is 8.85. The summed E-state index contributed by atoms with van der Waals surface area (Å²) < 4.78 is 5.32. The molecule has 0 aromatic heterocycles. The van der Waals surface area contributed by atoms with Gasteiger partial charge in [-0.15, -0.1) is 0 Å². The highest BCUT2D eigenvalue weighted by atomic mass is 16.5. The van der Waals surface area contributed by atoms with E-state index in [1.54, 1.807) is 0 Å². The summed E-state index contributed by atoms with van der Waals surface area (Å²) in [5.41, 5.74) is 0. The Balaban J connectivity index is 3.00. The van der Waals surface area contributed by atoms with Crippen LogP contribution in [0.25, 0.3) is 0 Å². The van der Waals surface area contributed by atoms with Crippen LogP contribution in [0.2, 0.25) is 0 Å². The third-order valence-electron chi connectivity index (χ3n) is 1.80. The Morgan fingerprint density at radius 2 is 2.25 bits per heavy atom. The van der Waals surface area contributed by atoms with Crippen molar-refractivity contribution in [2.45, 2.75) is 33.2 Å². The second-order valence-corrected chi connectivity index (χ2v) is 2.91. The van der Waals surface area contributed by atoms with Gasteiger partial charge in [-0.05, 0) is 20.3 Å². The van der Waals surface area contributed by atoms with E-state index in [0.717, 1.165) is 19.8 Å². The molecule has 0 aliphatic rings. The molecular weight excluding hydrogens is 150 g/mol. The van der Waals surface area contributed by atoms with Crippen molar-refractivity contribution in [3.05, 3.63) is 12.2 Å². The van der Waals surface area contributed by atoms with Crippen LogP contribution < -0.4 is 5.32 Å². The zero-order valence-corrected chi connectivity index (χ0v) is 8.47. The fourth-order valence-electron chi connectivity index (χ4n) is 0.769. The van der Waals surface area contributed by atoms with Crippen molar-refractivity contribution in [3.8, 4) is 0 Å². The van der Waals surface area contributed by atoms with E-state index in [1.165, 1.54) is 6.42 Å². The maximum absolute atomic E-state index is 5.32. The highest BCUT2D eigenvalue weighted by molar-refractivity contribution is 4.75. The molecule has 0 heterocycles. The molecule has 0 aliphatic heterocycles. The van der Waals surface area contributed by atoms with Crippen LogP contribution in [0.15, 0.2) is 12.2 Å². The van der Waals surface area contributed by atoms with Crippen LogP contribution in [-0.4, -0.2) is 25.8 Å². The van der Waals surface area contributed by atoms with Crippen molar-refractivity contribution >= 4 is 0 Å². The molecule has 1 unspecified atom stereocenters. The smallest absolute Gasteiger partial charge is 0.0647 e. The molecule has 0 radical (unpaired) electrons. The Morgan fingerprint density at radius 3 is 2.83 bits per heavy atom. The Kier molecular flexibility index (Phi) is 8.51. The second kappa shape index (κ2) is 8.75. The number of allylic oxidation sites excluding steroid dienone is 1. The SMILES string of the molecule is CC=CCOCCNC(C)CC. The topological polar surface area (TPSA) is 21.3 Å². The first-order valence-electron chi connectivity index (χ1n) is 4.73. The third-order valence-corrected chi connectivity index (χ3v) is 1.80. The van der Waals surface area contributed by atoms with Crippen LogP contribution in [0.1, 0.15) is 27.2 Å². The van der Waals surface area contributed by atoms with Crippen molar-refractivity contribution in [2.75, 3.05) is 19.8 Å². The maximum atomic E-state index is 5.32. The lowest BCUT2D eigenvalue weighted by atomic mass is 10.3. The summed E-state index contributed by atoms with van der Waals surface area (Å²) in [6.07, 6.45) is 5.19. The highest BCUT2D eigenvalue weighted by Gasteiger charge is 1.94. The fourth-order valence-corrected chi connectivity index (χ4v) is 0.769. The molecule has 0 bridgehead atoms. The molecule has 12 heavy (non-hydrogen) atoms. The summed E-state index contributed by atoms with van der Waals surface area (Å²) in [6, 6.07) is 0.607. The van der Waals surface area contributed by atoms with Gasteiger partial charge in [0, 0.05) is 12.6 Å². The molecule has 2 nitrogen and oxygen atoms in total. The molecule has 0 saturated carbocycles. The van der Waals surface area contributed by atoms with Gasteiger partial charge in [-0.1, -0.05) is 19.1 Å². The minimum Gasteiger partial charge on any atom is -0.376 e. The molecule has 0 aromatic carbocycles. The molecule has 0 aromatic rings. The average Bonchev–Trinajstić information content (AvgIpc) is 2.10. The van der Waals surface area contributed by atoms with Crippen LogP contribution in [0.5, 0.6) is 0 Å². The standard InChI is InChI=1S/C10H21NO/c1-4-6-8-12-9-7-11-10(3)5-2/h4,6,10-11H,5,7-9H2,1-3H3. The zero-order chi connectivity index (χ0) is 9.23. The predicted octanol–water partition coefficient (Wildman–Crippen LogP) is 1.97. The van der Waals surface area contributed by atoms with Gasteiger partial charge in [0.1, 0.15) is 0 Å². The maximum Gasteiger partial charge on any atom is 0.0647 e. The molecule has 1 atom stereocenters. The summed E-state index contributed by atoms with van der Waals surface area (Å²) in [7, 11) is 0. The first-order valence-corrected chi connectivity index (χ1v) is 4.73. The Bertz CT molecular complexity index is 112. The minimum absolute atomic E-state index is 0.607. The first kappa shape index (κ1) is 11.7. The van der Waals surface area contributed by atoms with Gasteiger partial charge >= 0.3 is 0 Å². The van der Waals surface area contributed by atoms with E-state index in [0.29, 0.717) is 6.04 Å². The Labute approximate surface area is 76.0 Å². The number of nitrogens with one attached hydrogen (secondary N) is 1. The fraction of sp³-hybridized carbons (Fsp3) is 0.800. The lowest BCUT2D eigenvalue weighted by Crippen LogP contribution is -2.28. The van der Waals surface area contributed by atoms with Gasteiger partial charge in [-0.25, -0.2) is 0 Å². The minimum atomic E-state index is 0.607. The highest BCUT2D eigenvalue weighted by Crippen LogP contribution is 1.86. The van der Waals surface area contributed by atoms with E-state index in [9.17, 15) is 0 Å². The second-order valence-electron chi connectivity index (χ2n) is 2.91. The van der Waals surface area contributed by atoms with E-state index in [2.05, 4.69) is 19.2 Å². The summed E-state index contributed by atoms with van der Waals surface area (Å²) in [5.74, 6) is 0.